The van der Waals surface area contributed by atoms with Gasteiger partial charge >= 0.3 is 0 Å². The molecule has 0 radical (unpaired) electrons. The highest BCUT2D eigenvalue weighted by atomic mass is 79.9. The number of hydrogen-bond acceptors (Lipinski definition) is 9. The van der Waals surface area contributed by atoms with E-state index in [2.05, 4.69) is 46.6 Å². The van der Waals surface area contributed by atoms with Crippen LogP contribution >= 0.6 is 15.9 Å². The maximum atomic E-state index is 14.4. The van der Waals surface area contributed by atoms with Crippen LogP contribution in [0.4, 0.5) is 5.82 Å². The van der Waals surface area contributed by atoms with E-state index in [-0.39, 0.29) is 48.4 Å². The third-order valence-corrected chi connectivity index (χ3v) is 10.6. The van der Waals surface area contributed by atoms with E-state index >= 15 is 0 Å². The molecule has 5 heterocycles. The quantitative estimate of drug-likeness (QED) is 0.170. The van der Waals surface area contributed by atoms with E-state index in [1.165, 1.54) is 11.6 Å². The number of piperidine rings is 1. The number of carbonyl (C=O) groups is 4. The molecule has 264 valence electrons. The molecule has 1 saturated heterocycles. The van der Waals surface area contributed by atoms with Gasteiger partial charge in [-0.1, -0.05) is 38.1 Å². The highest BCUT2D eigenvalue weighted by Gasteiger charge is 2.67. The molecule has 3 aromatic heterocycles. The lowest BCUT2D eigenvalue weighted by Crippen LogP contribution is -2.47. The summed E-state index contributed by atoms with van der Waals surface area (Å²) in [5, 5.41) is 11.3. The first-order valence-electron chi connectivity index (χ1n) is 16.9. The van der Waals surface area contributed by atoms with Gasteiger partial charge < -0.3 is 20.3 Å². The van der Waals surface area contributed by atoms with Crippen LogP contribution in [0, 0.1) is 17.8 Å². The van der Waals surface area contributed by atoms with Gasteiger partial charge in [0.15, 0.2) is 5.78 Å². The smallest absolute Gasteiger partial charge is 0.248 e. The van der Waals surface area contributed by atoms with Crippen LogP contribution in [0.2, 0.25) is 0 Å². The van der Waals surface area contributed by atoms with Crippen molar-refractivity contribution in [3.63, 3.8) is 0 Å². The maximum absolute atomic E-state index is 14.4. The van der Waals surface area contributed by atoms with Crippen LogP contribution in [0.25, 0.3) is 22.0 Å². The molecule has 2 aliphatic heterocycles. The highest BCUT2D eigenvalue weighted by Crippen LogP contribution is 2.59. The standard InChI is InChI=1S/C37H39BrN8O5/c1-21(47)32-26-13-23(25-16-39-22(2)40-17-25)7-9-27(26)45(44-32)18-31(48)46-28-14-37(15-29(37)46)20-41-35(50)36(3,4)11-5-6-12-51-19-24-8-10-30(38)42-33(24)43-34(28)49/h5-10,13,16-17,28-29H,11-12,14-15,18-20H2,1-4H3,(H,41,50)(H,42,43,49)/b6-5-/t28-,29+,37-/m0/s1. The monoisotopic (exact) mass is 754 g/mol. The molecular formula is C37H39BrN8O5. The Hall–Kier alpha value is -4.82. The molecule has 7 rings (SSSR count). The van der Waals surface area contributed by atoms with Gasteiger partial charge in [0.25, 0.3) is 0 Å². The normalized spacial score (nSPS) is 23.8. The van der Waals surface area contributed by atoms with Gasteiger partial charge in [0, 0.05) is 59.2 Å². The molecule has 2 fully saturated rings. The van der Waals surface area contributed by atoms with E-state index in [1.54, 1.807) is 23.4 Å². The van der Waals surface area contributed by atoms with Gasteiger partial charge in [-0.3, -0.25) is 23.9 Å². The molecule has 1 spiro atoms. The molecule has 1 aromatic carbocycles. The molecule has 3 atom stereocenters. The average molecular weight is 756 g/mol. The number of fused-ring (bicyclic) bond motifs is 3. The molecule has 13 nitrogen and oxygen atoms in total. The Morgan fingerprint density at radius 3 is 2.61 bits per heavy atom. The highest BCUT2D eigenvalue weighted by molar-refractivity contribution is 9.10. The van der Waals surface area contributed by atoms with Crippen molar-refractivity contribution in [1.29, 1.82) is 0 Å². The lowest BCUT2D eigenvalue weighted by atomic mass is 9.87. The zero-order chi connectivity index (χ0) is 36.1. The van der Waals surface area contributed by atoms with Crippen molar-refractivity contribution < 1.29 is 23.9 Å². The summed E-state index contributed by atoms with van der Waals surface area (Å²) in [6, 6.07) is 8.10. The number of nitrogens with zero attached hydrogens (tertiary/aromatic N) is 6. The summed E-state index contributed by atoms with van der Waals surface area (Å²) in [7, 11) is 0. The number of carbonyl (C=O) groups excluding carboxylic acids is 4. The fourth-order valence-electron chi connectivity index (χ4n) is 7.12. The zero-order valence-corrected chi connectivity index (χ0v) is 30.5. The Kier molecular flexibility index (Phi) is 9.08. The number of hydrogen-bond donors (Lipinski definition) is 2. The molecule has 4 aromatic rings. The summed E-state index contributed by atoms with van der Waals surface area (Å²) in [6.45, 7) is 7.72. The number of likely N-dealkylation sites (tertiary alicyclic amines) is 1. The number of benzene rings is 1. The third-order valence-electron chi connectivity index (χ3n) is 10.2. The number of allylic oxidation sites excluding steroid dienone is 1. The molecule has 1 saturated carbocycles. The van der Waals surface area contributed by atoms with Crippen molar-refractivity contribution in [3.05, 3.63) is 76.6 Å². The number of Topliss-reactive ketones (excluding diaryl/α,β-unsaturated/α-hetero) is 1. The molecule has 3 amide bonds. The molecule has 3 aliphatic rings. The van der Waals surface area contributed by atoms with Gasteiger partial charge in [-0.2, -0.15) is 5.10 Å². The van der Waals surface area contributed by atoms with Gasteiger partial charge in [0.2, 0.25) is 17.7 Å². The number of amides is 3. The summed E-state index contributed by atoms with van der Waals surface area (Å²) in [5.41, 5.74) is 2.03. The van der Waals surface area contributed by atoms with E-state index in [4.69, 9.17) is 4.74 Å². The summed E-state index contributed by atoms with van der Waals surface area (Å²) in [6.07, 6.45) is 8.82. The number of aromatic nitrogens is 5. The fraction of sp³-hybridized carbons (Fsp3) is 0.405. The minimum atomic E-state index is -0.824. The predicted molar refractivity (Wildman–Crippen MR) is 192 cm³/mol. The van der Waals surface area contributed by atoms with Crippen molar-refractivity contribution in [2.45, 2.75) is 72.2 Å². The van der Waals surface area contributed by atoms with Crippen molar-refractivity contribution in [2.24, 2.45) is 10.8 Å². The van der Waals surface area contributed by atoms with Crippen LogP contribution in [0.1, 0.15) is 61.9 Å². The molecule has 14 heteroatoms. The molecule has 1 aliphatic carbocycles. The van der Waals surface area contributed by atoms with E-state index in [0.717, 1.165) is 11.1 Å². The summed E-state index contributed by atoms with van der Waals surface area (Å²) in [4.78, 5) is 69.3. The Bertz CT molecular complexity index is 2090. The first-order chi connectivity index (χ1) is 24.3. The lowest BCUT2D eigenvalue weighted by Gasteiger charge is -2.27. The van der Waals surface area contributed by atoms with Gasteiger partial charge in [0.05, 0.1) is 18.7 Å². The topological polar surface area (TPSA) is 161 Å². The van der Waals surface area contributed by atoms with Gasteiger partial charge in [-0.15, -0.1) is 0 Å². The first-order valence-corrected chi connectivity index (χ1v) is 17.7. The van der Waals surface area contributed by atoms with Crippen molar-refractivity contribution >= 4 is 56.2 Å². The number of anilines is 1. The number of aryl methyl sites for hydroxylation is 1. The van der Waals surface area contributed by atoms with Crippen molar-refractivity contribution in [1.82, 2.24) is 34.9 Å². The molecule has 51 heavy (non-hydrogen) atoms. The Labute approximate surface area is 303 Å². The van der Waals surface area contributed by atoms with Crippen LogP contribution in [-0.4, -0.2) is 78.4 Å². The van der Waals surface area contributed by atoms with E-state index < -0.39 is 16.9 Å². The second-order valence-electron chi connectivity index (χ2n) is 14.3. The molecule has 0 unspecified atom stereocenters. The largest absolute Gasteiger partial charge is 0.373 e. The van der Waals surface area contributed by atoms with Crippen LogP contribution in [0.15, 0.2) is 59.5 Å². The van der Waals surface area contributed by atoms with Gasteiger partial charge in [-0.05, 0) is 65.9 Å². The van der Waals surface area contributed by atoms with Crippen LogP contribution in [0.3, 0.4) is 0 Å². The Balaban J connectivity index is 1.21. The summed E-state index contributed by atoms with van der Waals surface area (Å²) < 4.78 is 7.93. The summed E-state index contributed by atoms with van der Waals surface area (Å²) in [5.74, 6) is -0.0307. The van der Waals surface area contributed by atoms with E-state index in [0.29, 0.717) is 65.1 Å². The first kappa shape index (κ1) is 34.6. The Morgan fingerprint density at radius 1 is 1.06 bits per heavy atom. The number of nitrogens with one attached hydrogen (secondary N) is 2. The maximum Gasteiger partial charge on any atom is 0.248 e. The Morgan fingerprint density at radius 2 is 1.84 bits per heavy atom. The van der Waals surface area contributed by atoms with E-state index in [1.807, 2.05) is 57.2 Å². The number of halogens is 1. The number of ketones is 1. The molecule has 2 N–H and O–H groups in total. The second kappa shape index (κ2) is 13.4. The number of pyridine rings is 1. The van der Waals surface area contributed by atoms with Crippen LogP contribution in [-0.2, 0) is 32.3 Å². The van der Waals surface area contributed by atoms with Gasteiger partial charge in [0.1, 0.15) is 34.5 Å². The predicted octanol–water partition coefficient (Wildman–Crippen LogP) is 4.78. The second-order valence-corrected chi connectivity index (χ2v) is 15.1. The van der Waals surface area contributed by atoms with Crippen LogP contribution in [0.5, 0.6) is 0 Å². The molecule has 2 bridgehead atoms. The minimum Gasteiger partial charge on any atom is -0.373 e. The number of rotatable bonds is 4. The van der Waals surface area contributed by atoms with Crippen LogP contribution < -0.4 is 10.6 Å². The minimum absolute atomic E-state index is 0.0963. The number of ether oxygens (including phenoxy) is 1. The third kappa shape index (κ3) is 6.81. The zero-order valence-electron chi connectivity index (χ0n) is 28.9. The van der Waals surface area contributed by atoms with Crippen molar-refractivity contribution in [3.8, 4) is 11.1 Å². The van der Waals surface area contributed by atoms with Crippen molar-refractivity contribution in [2.75, 3.05) is 18.5 Å². The van der Waals surface area contributed by atoms with Gasteiger partial charge in [-0.25, -0.2) is 15.0 Å². The SMILES string of the molecule is CC(=O)c1nn(CC(=O)N2[C@H]3C[C@@]4(CNC(=O)C(C)(C)C/C=C\COCc5ccc(Br)nc5NC3=O)C[C@@H]24)c2ccc(-c3cnc(C)nc3)cc12. The molecular weight excluding hydrogens is 716 g/mol. The lowest BCUT2D eigenvalue weighted by molar-refractivity contribution is -0.138. The van der Waals surface area contributed by atoms with E-state index in [9.17, 15) is 19.2 Å². The summed E-state index contributed by atoms with van der Waals surface area (Å²) >= 11 is 3.41. The fourth-order valence-corrected chi connectivity index (χ4v) is 7.43. The average Bonchev–Trinajstić information content (AvgIpc) is 3.51.